The number of carbonyl (C=O) groups is 2. The molecule has 12 heteroatoms. The average molecular weight is 454 g/mol. The Morgan fingerprint density at radius 3 is 1.63 bits per heavy atom. The van der Waals surface area contributed by atoms with Crippen LogP contribution in [0.1, 0.15) is 17.5 Å². The van der Waals surface area contributed by atoms with Gasteiger partial charge in [-0.25, -0.2) is 30.4 Å². The molecule has 0 atom stereocenters. The highest BCUT2D eigenvalue weighted by Crippen LogP contribution is 2.23. The van der Waals surface area contributed by atoms with Crippen LogP contribution in [-0.2, 0) is 25.8 Å². The molecule has 0 radical (unpaired) electrons. The van der Waals surface area contributed by atoms with Crippen molar-refractivity contribution in [2.45, 2.75) is 24.7 Å². The van der Waals surface area contributed by atoms with Crippen LogP contribution in [0.15, 0.2) is 29.2 Å². The smallest absolute Gasteiger partial charge is 0.308 e. The topological polar surface area (TPSA) is 109 Å². The van der Waals surface area contributed by atoms with Gasteiger partial charge in [0.2, 0.25) is 5.82 Å². The predicted octanol–water partition coefficient (Wildman–Crippen LogP) is 3.25. The molecule has 6 nitrogen and oxygen atoms in total. The summed E-state index contributed by atoms with van der Waals surface area (Å²) in [5, 5.41) is 16.6. The summed E-state index contributed by atoms with van der Waals surface area (Å²) < 4.78 is 86.2. The van der Waals surface area contributed by atoms with Crippen LogP contribution < -0.4 is 0 Å². The molecule has 0 aromatic heterocycles. The highest BCUT2D eigenvalue weighted by atomic mass is 32.2. The van der Waals surface area contributed by atoms with Crippen molar-refractivity contribution >= 4 is 21.8 Å². The fourth-order valence-corrected chi connectivity index (χ4v) is 3.27. The largest absolute Gasteiger partial charge is 0.481 e. The van der Waals surface area contributed by atoms with Gasteiger partial charge in [0.1, 0.15) is 0 Å². The molecule has 30 heavy (non-hydrogen) atoms. The van der Waals surface area contributed by atoms with E-state index in [9.17, 15) is 40.0 Å². The van der Waals surface area contributed by atoms with Crippen LogP contribution in [0, 0.1) is 36.0 Å². The van der Waals surface area contributed by atoms with E-state index in [1.165, 1.54) is 12.1 Å². The van der Waals surface area contributed by atoms with Crippen molar-refractivity contribution in [3.8, 4) is 0 Å². The highest BCUT2D eigenvalue weighted by Gasteiger charge is 2.26. The SMILES string of the molecule is Cc1ccc(S(=O)(=O)CCC(=O)O)cc1.O=C(O)Cc1c(F)c(F)c(F)c(F)c1F. The minimum atomic E-state index is -3.45. The van der Waals surface area contributed by atoms with E-state index in [4.69, 9.17) is 10.2 Å². The van der Waals surface area contributed by atoms with Gasteiger partial charge in [0.25, 0.3) is 0 Å². The maximum Gasteiger partial charge on any atom is 0.308 e. The number of hydrogen-bond donors (Lipinski definition) is 2. The van der Waals surface area contributed by atoms with Gasteiger partial charge in [0.15, 0.2) is 33.1 Å². The van der Waals surface area contributed by atoms with Gasteiger partial charge >= 0.3 is 11.9 Å². The van der Waals surface area contributed by atoms with Gasteiger partial charge in [-0.1, -0.05) is 17.7 Å². The van der Waals surface area contributed by atoms with Crippen LogP contribution in [0.25, 0.3) is 0 Å². The van der Waals surface area contributed by atoms with Crippen LogP contribution in [-0.4, -0.2) is 36.3 Å². The van der Waals surface area contributed by atoms with E-state index < -0.39 is 62.8 Å². The van der Waals surface area contributed by atoms with Gasteiger partial charge in [-0.05, 0) is 19.1 Å². The molecule has 0 heterocycles. The van der Waals surface area contributed by atoms with E-state index in [1.54, 1.807) is 12.1 Å². The molecule has 2 aromatic rings. The fourth-order valence-electron chi connectivity index (χ4n) is 2.04. The second-order valence-corrected chi connectivity index (χ2v) is 8.00. The highest BCUT2D eigenvalue weighted by molar-refractivity contribution is 7.91. The van der Waals surface area contributed by atoms with E-state index >= 15 is 0 Å². The second-order valence-electron chi connectivity index (χ2n) is 5.89. The minimum absolute atomic E-state index is 0.175. The first-order chi connectivity index (χ1) is 13.8. The molecule has 2 N–H and O–H groups in total. The summed E-state index contributed by atoms with van der Waals surface area (Å²) in [5.74, 6) is -14.0. The summed E-state index contributed by atoms with van der Waals surface area (Å²) in [4.78, 5) is 20.6. The Labute approximate surface area is 167 Å². The van der Waals surface area contributed by atoms with Gasteiger partial charge in [-0.15, -0.1) is 0 Å². The molecule has 0 fully saturated rings. The zero-order valence-electron chi connectivity index (χ0n) is 15.3. The maximum atomic E-state index is 12.8. The summed E-state index contributed by atoms with van der Waals surface area (Å²) >= 11 is 0. The first kappa shape index (κ1) is 25.0. The zero-order valence-corrected chi connectivity index (χ0v) is 16.1. The van der Waals surface area contributed by atoms with Crippen molar-refractivity contribution in [3.63, 3.8) is 0 Å². The van der Waals surface area contributed by atoms with Crippen LogP contribution in [0.3, 0.4) is 0 Å². The number of hydrogen-bond acceptors (Lipinski definition) is 4. The Kier molecular flexibility index (Phi) is 8.46. The normalized spacial score (nSPS) is 10.9. The first-order valence-electron chi connectivity index (χ1n) is 8.01. The number of halogens is 5. The maximum absolute atomic E-state index is 12.8. The number of aliphatic carboxylic acids is 2. The molecule has 0 aliphatic carbocycles. The molecular weight excluding hydrogens is 439 g/mol. The molecular formula is C18H15F5O6S. The third kappa shape index (κ3) is 6.51. The van der Waals surface area contributed by atoms with Gasteiger partial charge in [0, 0.05) is 5.56 Å². The van der Waals surface area contributed by atoms with Crippen LogP contribution in [0.4, 0.5) is 22.0 Å². The molecule has 0 amide bonds. The lowest BCUT2D eigenvalue weighted by Gasteiger charge is -2.05. The molecule has 0 saturated heterocycles. The van der Waals surface area contributed by atoms with Crippen molar-refractivity contribution in [1.82, 2.24) is 0 Å². The second kappa shape index (κ2) is 10.1. The van der Waals surface area contributed by atoms with E-state index in [2.05, 4.69) is 0 Å². The number of benzene rings is 2. The van der Waals surface area contributed by atoms with Crippen molar-refractivity contribution in [2.24, 2.45) is 0 Å². The van der Waals surface area contributed by atoms with Gasteiger partial charge in [-0.2, -0.15) is 0 Å². The molecule has 0 unspecified atom stereocenters. The quantitative estimate of drug-likeness (QED) is 0.394. The summed E-state index contributed by atoms with van der Waals surface area (Å²) in [5.41, 5.74) is -0.383. The third-order valence-corrected chi connectivity index (χ3v) is 5.33. The van der Waals surface area contributed by atoms with E-state index in [0.717, 1.165) is 5.56 Å². The summed E-state index contributed by atoms with van der Waals surface area (Å²) in [6, 6.07) is 6.36. The molecule has 0 aliphatic rings. The lowest BCUT2D eigenvalue weighted by molar-refractivity contribution is -0.137. The van der Waals surface area contributed by atoms with Crippen LogP contribution in [0.2, 0.25) is 0 Å². The van der Waals surface area contributed by atoms with Crippen LogP contribution in [0.5, 0.6) is 0 Å². The predicted molar refractivity (Wildman–Crippen MR) is 93.1 cm³/mol. The zero-order chi connectivity index (χ0) is 23.2. The fraction of sp³-hybridized carbons (Fsp3) is 0.222. The Hall–Kier alpha value is -3.02. The van der Waals surface area contributed by atoms with Crippen molar-refractivity contribution in [3.05, 3.63) is 64.5 Å². The van der Waals surface area contributed by atoms with E-state index in [0.29, 0.717) is 0 Å². The lowest BCUT2D eigenvalue weighted by Crippen LogP contribution is -2.11. The molecule has 0 spiro atoms. The monoisotopic (exact) mass is 454 g/mol. The Morgan fingerprint density at radius 2 is 1.23 bits per heavy atom. The van der Waals surface area contributed by atoms with Crippen molar-refractivity contribution in [2.75, 3.05) is 5.75 Å². The third-order valence-electron chi connectivity index (χ3n) is 3.59. The number of carboxylic acid groups (broad SMARTS) is 2. The summed E-state index contributed by atoms with van der Waals surface area (Å²) in [6.45, 7) is 1.85. The Bertz CT molecular complexity index is 1020. The van der Waals surface area contributed by atoms with Gasteiger partial charge in [0.05, 0.1) is 23.5 Å². The molecule has 0 bridgehead atoms. The molecule has 2 rings (SSSR count). The summed E-state index contributed by atoms with van der Waals surface area (Å²) in [7, 11) is -3.45. The molecule has 2 aromatic carbocycles. The number of sulfone groups is 1. The molecule has 0 aliphatic heterocycles. The van der Waals surface area contributed by atoms with Crippen molar-refractivity contribution < 1.29 is 50.2 Å². The molecule has 0 saturated carbocycles. The number of aryl methyl sites for hydroxylation is 1. The molecule has 164 valence electrons. The Morgan fingerprint density at radius 1 is 0.800 bits per heavy atom. The van der Waals surface area contributed by atoms with Crippen molar-refractivity contribution in [1.29, 1.82) is 0 Å². The summed E-state index contributed by atoms with van der Waals surface area (Å²) in [6.07, 6.45) is -1.64. The minimum Gasteiger partial charge on any atom is -0.481 e. The van der Waals surface area contributed by atoms with Crippen LogP contribution >= 0.6 is 0 Å². The number of rotatable bonds is 6. The van der Waals surface area contributed by atoms with E-state index in [-0.39, 0.29) is 17.1 Å². The average Bonchev–Trinajstić information content (AvgIpc) is 2.67. The first-order valence-corrected chi connectivity index (χ1v) is 9.66. The standard InChI is InChI=1S/C10H12O4S.C8H3F5O2/c1-8-2-4-9(5-3-8)15(13,14)7-6-10(11)12;9-4-2(1-3(14)15)5(10)7(12)8(13)6(4)11/h2-5H,6-7H2,1H3,(H,11,12);1H2,(H,14,15). The van der Waals surface area contributed by atoms with Gasteiger partial charge in [-0.3, -0.25) is 9.59 Å². The Balaban J connectivity index is 0.000000300. The number of carboxylic acids is 2. The lowest BCUT2D eigenvalue weighted by atomic mass is 10.1. The van der Waals surface area contributed by atoms with Gasteiger partial charge < -0.3 is 10.2 Å². The van der Waals surface area contributed by atoms with E-state index in [1.807, 2.05) is 6.92 Å².